The lowest BCUT2D eigenvalue weighted by Crippen LogP contribution is -2.31. The Balaban J connectivity index is 3.99. The van der Waals surface area contributed by atoms with Crippen molar-refractivity contribution < 1.29 is 0 Å². The van der Waals surface area contributed by atoms with Crippen molar-refractivity contribution in [1.82, 2.24) is 4.90 Å². The maximum Gasteiger partial charge on any atom is 0.00637 e. The highest BCUT2D eigenvalue weighted by Gasteiger charge is 2.23. The molecule has 110 valence electrons. The van der Waals surface area contributed by atoms with Gasteiger partial charge in [-0.1, -0.05) is 34.1 Å². The first kappa shape index (κ1) is 17.9. The average molecular weight is 256 g/mol. The monoisotopic (exact) mass is 256 g/mol. The lowest BCUT2D eigenvalue weighted by molar-refractivity contribution is 0.187. The van der Waals surface area contributed by atoms with Crippen molar-refractivity contribution in [3.05, 3.63) is 0 Å². The van der Waals surface area contributed by atoms with E-state index in [9.17, 15) is 0 Å². The van der Waals surface area contributed by atoms with Gasteiger partial charge in [0.1, 0.15) is 0 Å². The summed E-state index contributed by atoms with van der Waals surface area (Å²) in [4.78, 5) is 2.51. The summed E-state index contributed by atoms with van der Waals surface area (Å²) in [6, 6.07) is 0.720. The summed E-state index contributed by atoms with van der Waals surface area (Å²) in [5.41, 5.74) is 6.13. The van der Waals surface area contributed by atoms with Crippen molar-refractivity contribution in [2.45, 2.75) is 72.8 Å². The van der Waals surface area contributed by atoms with Crippen molar-refractivity contribution in [2.75, 3.05) is 20.1 Å². The van der Waals surface area contributed by atoms with E-state index in [1.807, 2.05) is 0 Å². The van der Waals surface area contributed by atoms with Gasteiger partial charge in [0.15, 0.2) is 0 Å². The van der Waals surface area contributed by atoms with Crippen molar-refractivity contribution in [3.8, 4) is 0 Å². The van der Waals surface area contributed by atoms with Gasteiger partial charge in [0.2, 0.25) is 0 Å². The number of hydrogen-bond donors (Lipinski definition) is 1. The fraction of sp³-hybridized carbons (Fsp3) is 1.00. The minimum Gasteiger partial charge on any atom is -0.330 e. The predicted molar refractivity (Wildman–Crippen MR) is 82.9 cm³/mol. The van der Waals surface area contributed by atoms with E-state index in [4.69, 9.17) is 5.73 Å². The maximum absolute atomic E-state index is 5.73. The Morgan fingerprint density at radius 1 is 1.11 bits per heavy atom. The van der Waals surface area contributed by atoms with Gasteiger partial charge in [0.05, 0.1) is 0 Å². The molecule has 0 aliphatic heterocycles. The minimum atomic E-state index is 0.396. The van der Waals surface area contributed by atoms with E-state index in [-0.39, 0.29) is 0 Å². The standard InChI is InChI=1S/C16H36N2/c1-7-9-14(2)18(6)13-8-10-15(11-12-17)16(3,4)5/h14-15H,7-13,17H2,1-6H3. The third kappa shape index (κ3) is 7.38. The Bertz CT molecular complexity index is 196. The lowest BCUT2D eigenvalue weighted by Gasteiger charge is -2.32. The van der Waals surface area contributed by atoms with Gasteiger partial charge < -0.3 is 10.6 Å². The van der Waals surface area contributed by atoms with E-state index in [2.05, 4.69) is 46.6 Å². The molecule has 0 heterocycles. The van der Waals surface area contributed by atoms with E-state index in [1.54, 1.807) is 0 Å². The summed E-state index contributed by atoms with van der Waals surface area (Å²) in [7, 11) is 2.26. The molecule has 2 unspecified atom stereocenters. The van der Waals surface area contributed by atoms with Crippen molar-refractivity contribution in [3.63, 3.8) is 0 Å². The van der Waals surface area contributed by atoms with Gasteiger partial charge in [-0.25, -0.2) is 0 Å². The highest BCUT2D eigenvalue weighted by molar-refractivity contribution is 4.75. The number of rotatable bonds is 9. The van der Waals surface area contributed by atoms with E-state index in [0.717, 1.165) is 24.9 Å². The second-order valence-electron chi connectivity index (χ2n) is 6.90. The molecule has 2 N–H and O–H groups in total. The topological polar surface area (TPSA) is 29.3 Å². The molecule has 0 aromatic carbocycles. The second-order valence-corrected chi connectivity index (χ2v) is 6.90. The van der Waals surface area contributed by atoms with Gasteiger partial charge in [-0.05, 0) is 64.1 Å². The quantitative estimate of drug-likeness (QED) is 0.678. The van der Waals surface area contributed by atoms with Crippen LogP contribution in [0.5, 0.6) is 0 Å². The molecule has 2 heteroatoms. The van der Waals surface area contributed by atoms with Crippen LogP contribution in [0.4, 0.5) is 0 Å². The van der Waals surface area contributed by atoms with Crippen LogP contribution in [-0.4, -0.2) is 31.1 Å². The molecular formula is C16H36N2. The van der Waals surface area contributed by atoms with Gasteiger partial charge in [0, 0.05) is 6.04 Å². The molecule has 18 heavy (non-hydrogen) atoms. The Morgan fingerprint density at radius 2 is 1.72 bits per heavy atom. The molecule has 0 saturated heterocycles. The Hall–Kier alpha value is -0.0800. The molecule has 0 saturated carbocycles. The maximum atomic E-state index is 5.73. The fourth-order valence-electron chi connectivity index (χ4n) is 2.66. The zero-order valence-electron chi connectivity index (χ0n) is 13.6. The molecule has 0 aromatic heterocycles. The van der Waals surface area contributed by atoms with Crippen LogP contribution >= 0.6 is 0 Å². The van der Waals surface area contributed by atoms with Gasteiger partial charge in [-0.2, -0.15) is 0 Å². The molecule has 0 aromatic rings. The highest BCUT2D eigenvalue weighted by Crippen LogP contribution is 2.32. The predicted octanol–water partition coefficient (Wildman–Crippen LogP) is 3.90. The highest BCUT2D eigenvalue weighted by atomic mass is 15.1. The zero-order chi connectivity index (χ0) is 14.2. The summed E-state index contributed by atoms with van der Waals surface area (Å²) < 4.78 is 0. The smallest absolute Gasteiger partial charge is 0.00637 e. The van der Waals surface area contributed by atoms with Crippen LogP contribution < -0.4 is 5.73 Å². The summed E-state index contributed by atoms with van der Waals surface area (Å²) in [5, 5.41) is 0. The third-order valence-corrected chi connectivity index (χ3v) is 4.26. The summed E-state index contributed by atoms with van der Waals surface area (Å²) in [6.45, 7) is 13.7. The summed E-state index contributed by atoms with van der Waals surface area (Å²) >= 11 is 0. The first-order chi connectivity index (χ1) is 8.32. The molecule has 0 rings (SSSR count). The van der Waals surface area contributed by atoms with Crippen LogP contribution in [0.25, 0.3) is 0 Å². The third-order valence-electron chi connectivity index (χ3n) is 4.26. The molecule has 2 nitrogen and oxygen atoms in total. The van der Waals surface area contributed by atoms with Gasteiger partial charge in [0.25, 0.3) is 0 Å². The van der Waals surface area contributed by atoms with E-state index < -0.39 is 0 Å². The average Bonchev–Trinajstić information content (AvgIpc) is 2.26. The molecule has 0 radical (unpaired) electrons. The van der Waals surface area contributed by atoms with E-state index >= 15 is 0 Å². The molecule has 0 spiro atoms. The molecule has 0 aliphatic carbocycles. The SMILES string of the molecule is CCCC(C)N(C)CCCC(CCN)C(C)(C)C. The van der Waals surface area contributed by atoms with Gasteiger partial charge in [-0.3, -0.25) is 0 Å². The van der Waals surface area contributed by atoms with Crippen LogP contribution in [0.3, 0.4) is 0 Å². The Kier molecular flexibility index (Phi) is 8.89. The lowest BCUT2D eigenvalue weighted by atomic mass is 9.76. The molecular weight excluding hydrogens is 220 g/mol. The second kappa shape index (κ2) is 8.92. The largest absolute Gasteiger partial charge is 0.330 e. The molecule has 2 atom stereocenters. The van der Waals surface area contributed by atoms with Crippen LogP contribution in [0.2, 0.25) is 0 Å². The molecule has 0 amide bonds. The normalized spacial score (nSPS) is 16.0. The van der Waals surface area contributed by atoms with Crippen molar-refractivity contribution >= 4 is 0 Å². The van der Waals surface area contributed by atoms with Gasteiger partial charge >= 0.3 is 0 Å². The summed E-state index contributed by atoms with van der Waals surface area (Å²) in [5.74, 6) is 0.761. The fourth-order valence-corrected chi connectivity index (χ4v) is 2.66. The first-order valence-corrected chi connectivity index (χ1v) is 7.73. The van der Waals surface area contributed by atoms with Crippen LogP contribution in [0, 0.1) is 11.3 Å². The minimum absolute atomic E-state index is 0.396. The van der Waals surface area contributed by atoms with Gasteiger partial charge in [-0.15, -0.1) is 0 Å². The van der Waals surface area contributed by atoms with Crippen LogP contribution in [-0.2, 0) is 0 Å². The van der Waals surface area contributed by atoms with Crippen molar-refractivity contribution in [1.29, 1.82) is 0 Å². The van der Waals surface area contributed by atoms with E-state index in [0.29, 0.717) is 5.41 Å². The Labute approximate surface area is 115 Å². The molecule has 0 fully saturated rings. The van der Waals surface area contributed by atoms with E-state index in [1.165, 1.54) is 32.2 Å². The van der Waals surface area contributed by atoms with Crippen LogP contribution in [0.1, 0.15) is 66.7 Å². The summed E-state index contributed by atoms with van der Waals surface area (Å²) in [6.07, 6.45) is 6.36. The number of nitrogens with two attached hydrogens (primary N) is 1. The van der Waals surface area contributed by atoms with Crippen LogP contribution in [0.15, 0.2) is 0 Å². The molecule has 0 bridgehead atoms. The molecule has 0 aliphatic rings. The zero-order valence-corrected chi connectivity index (χ0v) is 13.6. The Morgan fingerprint density at radius 3 is 2.17 bits per heavy atom. The number of nitrogens with zero attached hydrogens (tertiary/aromatic N) is 1. The first-order valence-electron chi connectivity index (χ1n) is 7.73. The van der Waals surface area contributed by atoms with Crippen molar-refractivity contribution in [2.24, 2.45) is 17.1 Å². The number of hydrogen-bond acceptors (Lipinski definition) is 2.